The Bertz CT molecular complexity index is 184. The predicted octanol–water partition coefficient (Wildman–Crippen LogP) is -0.549. The van der Waals surface area contributed by atoms with Gasteiger partial charge in [0.25, 0.3) is 0 Å². The van der Waals surface area contributed by atoms with Crippen LogP contribution in [0.3, 0.4) is 0 Å². The molecule has 0 saturated carbocycles. The Labute approximate surface area is 59.7 Å². The maximum absolute atomic E-state index is 4.13. The minimum Gasteiger partial charge on any atom is -0.354 e. The first-order valence-electron chi connectivity index (χ1n) is 3.37. The van der Waals surface area contributed by atoms with E-state index in [0.29, 0.717) is 0 Å². The van der Waals surface area contributed by atoms with Gasteiger partial charge < -0.3 is 10.2 Å². The van der Waals surface area contributed by atoms with Crippen molar-refractivity contribution in [3.63, 3.8) is 0 Å². The number of hydrogen-bond acceptors (Lipinski definition) is 4. The van der Waals surface area contributed by atoms with Crippen LogP contribution in [0.25, 0.3) is 0 Å². The molecule has 0 unspecified atom stereocenters. The molecule has 0 saturated heterocycles. The average Bonchev–Trinajstić information content (AvgIpc) is 2.59. The lowest BCUT2D eigenvalue weighted by atomic mass is 10.6. The summed E-state index contributed by atoms with van der Waals surface area (Å²) in [4.78, 5) is 10.2. The fourth-order valence-corrected chi connectivity index (χ4v) is 1.03. The SMILES string of the molecule is [CH]1CNC(N2C=NCC2)=N1. The summed E-state index contributed by atoms with van der Waals surface area (Å²) in [5.74, 6) is 0.932. The average molecular weight is 137 g/mol. The topological polar surface area (TPSA) is 40.0 Å². The largest absolute Gasteiger partial charge is 0.354 e. The van der Waals surface area contributed by atoms with Crippen molar-refractivity contribution in [3.8, 4) is 0 Å². The minimum absolute atomic E-state index is 0.847. The zero-order valence-electron chi connectivity index (χ0n) is 5.62. The summed E-state index contributed by atoms with van der Waals surface area (Å²) in [6, 6.07) is 0. The van der Waals surface area contributed by atoms with Gasteiger partial charge in [-0.2, -0.15) is 0 Å². The Morgan fingerprint density at radius 2 is 2.60 bits per heavy atom. The third-order valence-electron chi connectivity index (χ3n) is 1.53. The van der Waals surface area contributed by atoms with E-state index in [0.717, 1.165) is 25.6 Å². The Hall–Kier alpha value is -1.06. The van der Waals surface area contributed by atoms with Gasteiger partial charge in [0.15, 0.2) is 5.96 Å². The molecule has 0 atom stereocenters. The smallest absolute Gasteiger partial charge is 0.199 e. The number of rotatable bonds is 0. The van der Waals surface area contributed by atoms with Crippen molar-refractivity contribution in [2.24, 2.45) is 9.98 Å². The molecule has 0 bridgehead atoms. The molecule has 2 heterocycles. The highest BCUT2D eigenvalue weighted by atomic mass is 15.3. The van der Waals surface area contributed by atoms with Crippen molar-refractivity contribution in [2.45, 2.75) is 0 Å². The molecule has 0 aromatic heterocycles. The molecular weight excluding hydrogens is 128 g/mol. The highest BCUT2D eigenvalue weighted by Crippen LogP contribution is 1.98. The molecule has 0 fully saturated rings. The zero-order chi connectivity index (χ0) is 6.81. The molecule has 0 amide bonds. The summed E-state index contributed by atoms with van der Waals surface area (Å²) in [6.07, 6.45) is 1.82. The minimum atomic E-state index is 0.847. The van der Waals surface area contributed by atoms with Gasteiger partial charge in [-0.15, -0.1) is 0 Å². The molecule has 4 heteroatoms. The van der Waals surface area contributed by atoms with Gasteiger partial charge in [0.2, 0.25) is 0 Å². The molecule has 4 nitrogen and oxygen atoms in total. The van der Waals surface area contributed by atoms with Crippen LogP contribution in [-0.2, 0) is 0 Å². The summed E-state index contributed by atoms with van der Waals surface area (Å²) in [7, 11) is 0. The molecule has 0 aromatic carbocycles. The van der Waals surface area contributed by atoms with Crippen molar-refractivity contribution in [2.75, 3.05) is 19.6 Å². The lowest BCUT2D eigenvalue weighted by Crippen LogP contribution is -2.36. The van der Waals surface area contributed by atoms with Gasteiger partial charge in [-0.3, -0.25) is 4.99 Å². The molecule has 2 rings (SSSR count). The molecule has 1 radical (unpaired) electrons. The Morgan fingerprint density at radius 3 is 3.20 bits per heavy atom. The fraction of sp³-hybridized carbons (Fsp3) is 0.500. The summed E-state index contributed by atoms with van der Waals surface area (Å²) >= 11 is 0. The van der Waals surface area contributed by atoms with Crippen molar-refractivity contribution < 1.29 is 0 Å². The molecule has 53 valence electrons. The first-order chi connectivity index (χ1) is 4.97. The monoisotopic (exact) mass is 137 g/mol. The van der Waals surface area contributed by atoms with E-state index in [1.54, 1.807) is 0 Å². The fourth-order valence-electron chi connectivity index (χ4n) is 1.03. The highest BCUT2D eigenvalue weighted by Gasteiger charge is 2.14. The van der Waals surface area contributed by atoms with Gasteiger partial charge in [-0.25, -0.2) is 4.99 Å². The van der Waals surface area contributed by atoms with Crippen LogP contribution >= 0.6 is 0 Å². The van der Waals surface area contributed by atoms with Crippen LogP contribution in [0.15, 0.2) is 9.98 Å². The van der Waals surface area contributed by atoms with Crippen LogP contribution in [0.1, 0.15) is 0 Å². The van der Waals surface area contributed by atoms with E-state index in [1.807, 2.05) is 17.8 Å². The van der Waals surface area contributed by atoms with Crippen LogP contribution in [0.5, 0.6) is 0 Å². The van der Waals surface area contributed by atoms with E-state index in [2.05, 4.69) is 15.3 Å². The molecule has 1 N–H and O–H groups in total. The van der Waals surface area contributed by atoms with Gasteiger partial charge in [-0.1, -0.05) is 0 Å². The Kier molecular flexibility index (Phi) is 1.30. The number of nitrogens with one attached hydrogen (secondary N) is 1. The quantitative estimate of drug-likeness (QED) is 0.486. The Balaban J connectivity index is 2.04. The second-order valence-corrected chi connectivity index (χ2v) is 2.23. The molecule has 10 heavy (non-hydrogen) atoms. The van der Waals surface area contributed by atoms with Crippen LogP contribution < -0.4 is 5.32 Å². The van der Waals surface area contributed by atoms with Gasteiger partial charge in [0.1, 0.15) is 0 Å². The third-order valence-corrected chi connectivity index (χ3v) is 1.53. The van der Waals surface area contributed by atoms with Crippen LogP contribution in [0, 0.1) is 6.54 Å². The van der Waals surface area contributed by atoms with Crippen LogP contribution in [0.2, 0.25) is 0 Å². The first kappa shape index (κ1) is 5.70. The number of nitrogens with zero attached hydrogens (tertiary/aromatic N) is 3. The van der Waals surface area contributed by atoms with E-state index in [9.17, 15) is 0 Å². The van der Waals surface area contributed by atoms with Crippen molar-refractivity contribution in [1.29, 1.82) is 0 Å². The van der Waals surface area contributed by atoms with Crippen molar-refractivity contribution >= 4 is 12.3 Å². The van der Waals surface area contributed by atoms with E-state index >= 15 is 0 Å². The van der Waals surface area contributed by atoms with Crippen LogP contribution in [-0.4, -0.2) is 36.8 Å². The standard InChI is InChI=1S/C6H9N4/c1-2-9-6(8-1)10-4-3-7-5-10/h1,5H,2-4H2,(H,8,9). The maximum Gasteiger partial charge on any atom is 0.199 e. The van der Waals surface area contributed by atoms with E-state index < -0.39 is 0 Å². The summed E-state index contributed by atoms with van der Waals surface area (Å²) in [5, 5.41) is 3.13. The van der Waals surface area contributed by atoms with Crippen molar-refractivity contribution in [1.82, 2.24) is 10.2 Å². The second-order valence-electron chi connectivity index (χ2n) is 2.23. The molecule has 0 aliphatic carbocycles. The van der Waals surface area contributed by atoms with Crippen molar-refractivity contribution in [3.05, 3.63) is 6.54 Å². The molecule has 0 spiro atoms. The van der Waals surface area contributed by atoms with Gasteiger partial charge in [0, 0.05) is 13.1 Å². The summed E-state index contributed by atoms with van der Waals surface area (Å²) in [6.45, 7) is 4.56. The lowest BCUT2D eigenvalue weighted by Gasteiger charge is -2.12. The molecule has 0 aromatic rings. The Morgan fingerprint density at radius 1 is 1.60 bits per heavy atom. The van der Waals surface area contributed by atoms with Gasteiger partial charge >= 0.3 is 0 Å². The summed E-state index contributed by atoms with van der Waals surface area (Å²) in [5.41, 5.74) is 0. The number of hydrogen-bond donors (Lipinski definition) is 1. The number of guanidine groups is 1. The summed E-state index contributed by atoms with van der Waals surface area (Å²) < 4.78 is 0. The number of aliphatic imine (C=N–C) groups is 2. The predicted molar refractivity (Wildman–Crippen MR) is 39.8 cm³/mol. The normalized spacial score (nSPS) is 23.2. The zero-order valence-corrected chi connectivity index (χ0v) is 5.62. The van der Waals surface area contributed by atoms with E-state index in [-0.39, 0.29) is 0 Å². The van der Waals surface area contributed by atoms with Crippen LogP contribution in [0.4, 0.5) is 0 Å². The highest BCUT2D eigenvalue weighted by molar-refractivity contribution is 5.92. The first-order valence-corrected chi connectivity index (χ1v) is 3.37. The van der Waals surface area contributed by atoms with Gasteiger partial charge in [-0.05, 0) is 0 Å². The lowest BCUT2D eigenvalue weighted by molar-refractivity contribution is 0.655. The molecule has 2 aliphatic heterocycles. The van der Waals surface area contributed by atoms with E-state index in [1.165, 1.54) is 0 Å². The maximum atomic E-state index is 4.13. The van der Waals surface area contributed by atoms with E-state index in [4.69, 9.17) is 0 Å². The molecule has 2 aliphatic rings. The van der Waals surface area contributed by atoms with Gasteiger partial charge in [0.05, 0.1) is 19.4 Å². The third kappa shape index (κ3) is 0.853. The molecular formula is C6H9N4. The second kappa shape index (κ2) is 2.28.